The van der Waals surface area contributed by atoms with Crippen molar-refractivity contribution in [3.8, 4) is 5.75 Å². The minimum absolute atomic E-state index is 0.460. The molecular weight excluding hydrogens is 384 g/mol. The molecule has 3 aromatic carbocycles. The first-order chi connectivity index (χ1) is 15.2. The van der Waals surface area contributed by atoms with Gasteiger partial charge in [-0.25, -0.2) is 0 Å². The van der Waals surface area contributed by atoms with E-state index in [0.717, 1.165) is 50.7 Å². The molecule has 0 aromatic heterocycles. The molecule has 1 aliphatic rings. The van der Waals surface area contributed by atoms with Gasteiger partial charge in [0.2, 0.25) is 0 Å². The second-order valence-electron chi connectivity index (χ2n) is 8.15. The van der Waals surface area contributed by atoms with Gasteiger partial charge in [0.25, 0.3) is 0 Å². The Morgan fingerprint density at radius 3 is 2.45 bits per heavy atom. The monoisotopic (exact) mass is 416 g/mol. The molecule has 0 atom stereocenters. The molecule has 1 fully saturated rings. The molecular formula is C26H32N4O. The van der Waals surface area contributed by atoms with Gasteiger partial charge in [-0.05, 0) is 52.9 Å². The summed E-state index contributed by atoms with van der Waals surface area (Å²) in [6, 6.07) is 23.9. The van der Waals surface area contributed by atoms with Crippen molar-refractivity contribution in [2.75, 3.05) is 27.2 Å². The van der Waals surface area contributed by atoms with E-state index in [9.17, 15) is 0 Å². The molecule has 0 spiro atoms. The van der Waals surface area contributed by atoms with E-state index in [4.69, 9.17) is 4.74 Å². The van der Waals surface area contributed by atoms with Crippen molar-refractivity contribution in [1.82, 2.24) is 15.5 Å². The number of hydrogen-bond donors (Lipinski definition) is 2. The Bertz CT molecular complexity index is 1010. The maximum absolute atomic E-state index is 5.32. The van der Waals surface area contributed by atoms with Gasteiger partial charge < -0.3 is 15.4 Å². The molecule has 0 amide bonds. The summed E-state index contributed by atoms with van der Waals surface area (Å²) in [5, 5.41) is 9.48. The number of nitrogens with zero attached hydrogens (tertiary/aromatic N) is 2. The molecule has 1 saturated heterocycles. The van der Waals surface area contributed by atoms with Crippen LogP contribution in [0.15, 0.2) is 71.7 Å². The number of hydrogen-bond acceptors (Lipinski definition) is 3. The average molecular weight is 417 g/mol. The molecule has 1 aliphatic heterocycles. The van der Waals surface area contributed by atoms with Crippen molar-refractivity contribution < 1.29 is 4.74 Å². The standard InChI is InChI=1S/C26H32N4O/c1-27-26(28-18-21-8-9-23-17-25(31-2)11-10-22(23)16-21)29-24-12-14-30(15-13-24)19-20-6-4-3-5-7-20/h3-11,16-17,24H,12-15,18-19H2,1-2H3,(H2,27,28,29). The van der Waals surface area contributed by atoms with Crippen molar-refractivity contribution >= 4 is 16.7 Å². The van der Waals surface area contributed by atoms with Gasteiger partial charge in [0.1, 0.15) is 5.75 Å². The van der Waals surface area contributed by atoms with Crippen molar-refractivity contribution in [3.63, 3.8) is 0 Å². The van der Waals surface area contributed by atoms with Gasteiger partial charge in [-0.2, -0.15) is 0 Å². The molecule has 0 bridgehead atoms. The van der Waals surface area contributed by atoms with E-state index in [1.54, 1.807) is 7.11 Å². The number of benzene rings is 3. The number of piperidine rings is 1. The minimum atomic E-state index is 0.460. The summed E-state index contributed by atoms with van der Waals surface area (Å²) in [5.74, 6) is 1.76. The number of fused-ring (bicyclic) bond motifs is 1. The zero-order valence-electron chi connectivity index (χ0n) is 18.5. The van der Waals surface area contributed by atoms with Crippen LogP contribution in [0.5, 0.6) is 5.75 Å². The number of guanidine groups is 1. The highest BCUT2D eigenvalue weighted by Gasteiger charge is 2.20. The van der Waals surface area contributed by atoms with Crippen LogP contribution in [0, 0.1) is 0 Å². The van der Waals surface area contributed by atoms with Gasteiger partial charge in [0.05, 0.1) is 7.11 Å². The average Bonchev–Trinajstić information content (AvgIpc) is 2.83. The molecule has 4 rings (SSSR count). The maximum atomic E-state index is 5.32. The minimum Gasteiger partial charge on any atom is -0.497 e. The lowest BCUT2D eigenvalue weighted by molar-refractivity contribution is 0.198. The molecule has 5 heteroatoms. The van der Waals surface area contributed by atoms with Crippen LogP contribution in [0.3, 0.4) is 0 Å². The fourth-order valence-corrected chi connectivity index (χ4v) is 4.16. The van der Waals surface area contributed by atoms with Gasteiger partial charge >= 0.3 is 0 Å². The van der Waals surface area contributed by atoms with Gasteiger partial charge in [0, 0.05) is 39.3 Å². The summed E-state index contributed by atoms with van der Waals surface area (Å²) < 4.78 is 5.32. The van der Waals surface area contributed by atoms with Gasteiger partial charge in [-0.15, -0.1) is 0 Å². The molecule has 0 radical (unpaired) electrons. The molecule has 0 unspecified atom stereocenters. The molecule has 1 heterocycles. The predicted molar refractivity (Wildman–Crippen MR) is 129 cm³/mol. The first-order valence-electron chi connectivity index (χ1n) is 11.0. The number of nitrogens with one attached hydrogen (secondary N) is 2. The third-order valence-corrected chi connectivity index (χ3v) is 5.97. The largest absolute Gasteiger partial charge is 0.497 e. The Hall–Kier alpha value is -3.05. The first-order valence-corrected chi connectivity index (χ1v) is 11.0. The smallest absolute Gasteiger partial charge is 0.191 e. The van der Waals surface area contributed by atoms with E-state index in [-0.39, 0.29) is 0 Å². The van der Waals surface area contributed by atoms with Crippen LogP contribution < -0.4 is 15.4 Å². The van der Waals surface area contributed by atoms with Crippen molar-refractivity contribution in [2.45, 2.75) is 32.0 Å². The van der Waals surface area contributed by atoms with Crippen molar-refractivity contribution in [3.05, 3.63) is 77.9 Å². The van der Waals surface area contributed by atoms with Gasteiger partial charge in [-0.3, -0.25) is 9.89 Å². The summed E-state index contributed by atoms with van der Waals surface area (Å²) in [4.78, 5) is 6.97. The molecule has 0 aliphatic carbocycles. The van der Waals surface area contributed by atoms with Crippen molar-refractivity contribution in [1.29, 1.82) is 0 Å². The lowest BCUT2D eigenvalue weighted by Crippen LogP contribution is -2.48. The Labute approximate surface area is 185 Å². The molecule has 31 heavy (non-hydrogen) atoms. The fourth-order valence-electron chi connectivity index (χ4n) is 4.16. The third kappa shape index (κ3) is 5.76. The highest BCUT2D eigenvalue weighted by molar-refractivity contribution is 5.85. The maximum Gasteiger partial charge on any atom is 0.191 e. The second kappa shape index (κ2) is 10.3. The quantitative estimate of drug-likeness (QED) is 0.468. The lowest BCUT2D eigenvalue weighted by atomic mass is 10.0. The predicted octanol–water partition coefficient (Wildman–Crippen LogP) is 4.18. The number of ether oxygens (including phenoxy) is 1. The van der Waals surface area contributed by atoms with Gasteiger partial charge in [-0.1, -0.05) is 48.5 Å². The molecule has 0 saturated carbocycles. The summed E-state index contributed by atoms with van der Waals surface area (Å²) in [6.07, 6.45) is 2.26. The normalized spacial score (nSPS) is 15.7. The SMILES string of the molecule is CN=C(NCc1ccc2cc(OC)ccc2c1)NC1CCN(Cc2ccccc2)CC1. The first kappa shape index (κ1) is 21.2. The number of likely N-dealkylation sites (tertiary alicyclic amines) is 1. The highest BCUT2D eigenvalue weighted by atomic mass is 16.5. The number of rotatable bonds is 6. The topological polar surface area (TPSA) is 48.9 Å². The van der Waals surface area contributed by atoms with E-state index >= 15 is 0 Å². The van der Waals surface area contributed by atoms with E-state index < -0.39 is 0 Å². The summed E-state index contributed by atoms with van der Waals surface area (Å²) in [7, 11) is 3.54. The van der Waals surface area contributed by atoms with E-state index in [1.165, 1.54) is 21.9 Å². The summed E-state index contributed by atoms with van der Waals surface area (Å²) in [6.45, 7) is 4.00. The van der Waals surface area contributed by atoms with Crippen LogP contribution in [0.4, 0.5) is 0 Å². The molecule has 5 nitrogen and oxygen atoms in total. The van der Waals surface area contributed by atoms with Gasteiger partial charge in [0.15, 0.2) is 5.96 Å². The Balaban J connectivity index is 1.26. The van der Waals surface area contributed by atoms with E-state index in [2.05, 4.69) is 81.2 Å². The number of methoxy groups -OCH3 is 1. The Morgan fingerprint density at radius 2 is 1.71 bits per heavy atom. The van der Waals surface area contributed by atoms with Crippen LogP contribution in [0.1, 0.15) is 24.0 Å². The molecule has 3 aromatic rings. The van der Waals surface area contributed by atoms with Crippen molar-refractivity contribution in [2.24, 2.45) is 4.99 Å². The zero-order chi connectivity index (χ0) is 21.5. The van der Waals surface area contributed by atoms with Crippen LogP contribution in [0.25, 0.3) is 10.8 Å². The van der Waals surface area contributed by atoms with E-state index in [1.807, 2.05) is 13.1 Å². The fraction of sp³-hybridized carbons (Fsp3) is 0.346. The second-order valence-corrected chi connectivity index (χ2v) is 8.15. The zero-order valence-corrected chi connectivity index (χ0v) is 18.5. The highest BCUT2D eigenvalue weighted by Crippen LogP contribution is 2.22. The van der Waals surface area contributed by atoms with Crippen LogP contribution >= 0.6 is 0 Å². The van der Waals surface area contributed by atoms with Crippen LogP contribution in [0.2, 0.25) is 0 Å². The Morgan fingerprint density at radius 1 is 0.968 bits per heavy atom. The third-order valence-electron chi connectivity index (χ3n) is 5.97. The Kier molecular flexibility index (Phi) is 7.05. The molecule has 2 N–H and O–H groups in total. The summed E-state index contributed by atoms with van der Waals surface area (Å²) in [5.41, 5.74) is 2.62. The number of aliphatic imine (C=N–C) groups is 1. The van der Waals surface area contributed by atoms with Crippen LogP contribution in [-0.2, 0) is 13.1 Å². The van der Waals surface area contributed by atoms with E-state index in [0.29, 0.717) is 6.04 Å². The lowest BCUT2D eigenvalue weighted by Gasteiger charge is -2.33. The summed E-state index contributed by atoms with van der Waals surface area (Å²) >= 11 is 0. The molecule has 162 valence electrons. The van der Waals surface area contributed by atoms with Crippen LogP contribution in [-0.4, -0.2) is 44.1 Å².